The van der Waals surface area contributed by atoms with Gasteiger partial charge in [0.2, 0.25) is 0 Å². The van der Waals surface area contributed by atoms with Crippen LogP contribution in [0.3, 0.4) is 0 Å². The standard InChI is InChI=1S/C9H13N5O/c1-13(4-5-15)9-8-11-2-3-14(8)6-7(10)12-9/h2-3,6,15H,4-5,10H2,1H3. The first-order valence-corrected chi connectivity index (χ1v) is 4.63. The molecule has 0 saturated carbocycles. The maximum atomic E-state index is 8.86. The first kappa shape index (κ1) is 9.72. The summed E-state index contributed by atoms with van der Waals surface area (Å²) in [6.45, 7) is 0.568. The van der Waals surface area contributed by atoms with Crippen LogP contribution < -0.4 is 10.6 Å². The Bertz CT molecular complexity index is 466. The molecule has 0 saturated heterocycles. The van der Waals surface area contributed by atoms with Crippen molar-refractivity contribution >= 4 is 17.3 Å². The molecule has 0 spiro atoms. The molecular weight excluding hydrogens is 194 g/mol. The topological polar surface area (TPSA) is 79.7 Å². The average Bonchev–Trinajstić information content (AvgIpc) is 2.64. The molecule has 0 aliphatic rings. The summed E-state index contributed by atoms with van der Waals surface area (Å²) in [5, 5.41) is 8.86. The number of nitrogens with zero attached hydrogens (tertiary/aromatic N) is 4. The summed E-state index contributed by atoms with van der Waals surface area (Å²) in [6, 6.07) is 0. The number of imidazole rings is 1. The van der Waals surface area contributed by atoms with Gasteiger partial charge in [0.25, 0.3) is 0 Å². The van der Waals surface area contributed by atoms with Crippen LogP contribution in [0, 0.1) is 0 Å². The molecule has 0 atom stereocenters. The summed E-state index contributed by atoms with van der Waals surface area (Å²) < 4.78 is 1.81. The molecule has 0 radical (unpaired) electrons. The number of anilines is 2. The number of hydrogen-bond acceptors (Lipinski definition) is 5. The first-order valence-electron chi connectivity index (χ1n) is 4.63. The number of likely N-dealkylation sites (N-methyl/N-ethyl adjacent to an activating group) is 1. The lowest BCUT2D eigenvalue weighted by atomic mass is 10.5. The van der Waals surface area contributed by atoms with Crippen molar-refractivity contribution in [1.29, 1.82) is 0 Å². The van der Waals surface area contributed by atoms with Crippen molar-refractivity contribution < 1.29 is 5.11 Å². The van der Waals surface area contributed by atoms with Crippen LogP contribution in [-0.2, 0) is 0 Å². The highest BCUT2D eigenvalue weighted by Crippen LogP contribution is 2.17. The molecule has 0 aliphatic heterocycles. The predicted molar refractivity (Wildman–Crippen MR) is 57.8 cm³/mol. The Morgan fingerprint density at radius 1 is 1.60 bits per heavy atom. The third-order valence-corrected chi connectivity index (χ3v) is 2.17. The van der Waals surface area contributed by atoms with Gasteiger partial charge in [-0.15, -0.1) is 0 Å². The van der Waals surface area contributed by atoms with Gasteiger partial charge in [-0.25, -0.2) is 9.97 Å². The van der Waals surface area contributed by atoms with Crippen LogP contribution in [0.5, 0.6) is 0 Å². The van der Waals surface area contributed by atoms with E-state index in [0.717, 1.165) is 5.65 Å². The van der Waals surface area contributed by atoms with E-state index >= 15 is 0 Å². The summed E-state index contributed by atoms with van der Waals surface area (Å²) in [5.74, 6) is 1.11. The number of nitrogen functional groups attached to an aromatic ring is 1. The van der Waals surface area contributed by atoms with Crippen molar-refractivity contribution in [1.82, 2.24) is 14.4 Å². The van der Waals surface area contributed by atoms with Crippen LogP contribution in [-0.4, -0.2) is 39.7 Å². The van der Waals surface area contributed by atoms with Crippen LogP contribution in [0.4, 0.5) is 11.6 Å². The summed E-state index contributed by atoms with van der Waals surface area (Å²) in [7, 11) is 1.84. The van der Waals surface area contributed by atoms with Crippen LogP contribution in [0.2, 0.25) is 0 Å². The number of aliphatic hydroxyl groups is 1. The molecule has 0 aromatic carbocycles. The van der Waals surface area contributed by atoms with Crippen molar-refractivity contribution in [2.45, 2.75) is 0 Å². The lowest BCUT2D eigenvalue weighted by Crippen LogP contribution is -2.23. The molecule has 6 nitrogen and oxygen atoms in total. The van der Waals surface area contributed by atoms with Gasteiger partial charge in [-0.3, -0.25) is 0 Å². The van der Waals surface area contributed by atoms with Gasteiger partial charge in [0, 0.05) is 26.0 Å². The number of fused-ring (bicyclic) bond motifs is 1. The number of nitrogens with two attached hydrogens (primary N) is 1. The minimum atomic E-state index is 0.0693. The van der Waals surface area contributed by atoms with Gasteiger partial charge in [0.05, 0.1) is 12.8 Å². The Hall–Kier alpha value is -1.82. The van der Waals surface area contributed by atoms with Gasteiger partial charge < -0.3 is 20.1 Å². The Morgan fingerprint density at radius 3 is 3.13 bits per heavy atom. The van der Waals surface area contributed by atoms with E-state index in [1.54, 1.807) is 12.4 Å². The second kappa shape index (κ2) is 3.74. The summed E-state index contributed by atoms with van der Waals surface area (Å²) in [6.07, 6.45) is 5.20. The molecule has 6 heteroatoms. The molecule has 0 fully saturated rings. The maximum Gasteiger partial charge on any atom is 0.180 e. The fourth-order valence-corrected chi connectivity index (χ4v) is 1.45. The van der Waals surface area contributed by atoms with Gasteiger partial charge in [-0.1, -0.05) is 0 Å². The van der Waals surface area contributed by atoms with Crippen molar-refractivity contribution in [3.63, 3.8) is 0 Å². The Kier molecular flexibility index (Phi) is 2.42. The third kappa shape index (κ3) is 1.71. The predicted octanol–water partition coefficient (Wildman–Crippen LogP) is -0.260. The second-order valence-electron chi connectivity index (χ2n) is 3.29. The molecule has 2 aromatic heterocycles. The van der Waals surface area contributed by atoms with E-state index in [9.17, 15) is 0 Å². The molecule has 15 heavy (non-hydrogen) atoms. The van der Waals surface area contributed by atoms with Gasteiger partial charge in [-0.2, -0.15) is 0 Å². The molecule has 0 bridgehead atoms. The zero-order valence-corrected chi connectivity index (χ0v) is 8.46. The third-order valence-electron chi connectivity index (χ3n) is 2.17. The molecular formula is C9H13N5O. The Balaban J connectivity index is 2.52. The minimum Gasteiger partial charge on any atom is -0.395 e. The van der Waals surface area contributed by atoms with E-state index in [-0.39, 0.29) is 6.61 Å². The number of hydrogen-bond donors (Lipinski definition) is 2. The molecule has 2 heterocycles. The lowest BCUT2D eigenvalue weighted by Gasteiger charge is -2.17. The second-order valence-corrected chi connectivity index (χ2v) is 3.29. The first-order chi connectivity index (χ1) is 7.22. The van der Waals surface area contributed by atoms with Crippen molar-refractivity contribution in [3.05, 3.63) is 18.6 Å². The normalized spacial score (nSPS) is 10.8. The van der Waals surface area contributed by atoms with Crippen LogP contribution in [0.1, 0.15) is 0 Å². The highest BCUT2D eigenvalue weighted by molar-refractivity contribution is 5.65. The minimum absolute atomic E-state index is 0.0693. The molecule has 0 unspecified atom stereocenters. The monoisotopic (exact) mass is 207 g/mol. The smallest absolute Gasteiger partial charge is 0.180 e. The Morgan fingerprint density at radius 2 is 2.40 bits per heavy atom. The Labute approximate surface area is 87.0 Å². The lowest BCUT2D eigenvalue weighted by molar-refractivity contribution is 0.304. The van der Waals surface area contributed by atoms with Crippen LogP contribution >= 0.6 is 0 Å². The van der Waals surface area contributed by atoms with Crippen LogP contribution in [0.15, 0.2) is 18.6 Å². The molecule has 0 aliphatic carbocycles. The van der Waals surface area contributed by atoms with Gasteiger partial charge in [0.15, 0.2) is 11.5 Å². The van der Waals surface area contributed by atoms with Crippen LogP contribution in [0.25, 0.3) is 5.65 Å². The molecule has 80 valence electrons. The van der Waals surface area contributed by atoms with Crippen molar-refractivity contribution in [2.75, 3.05) is 30.8 Å². The van der Waals surface area contributed by atoms with E-state index in [1.165, 1.54) is 0 Å². The van der Waals surface area contributed by atoms with E-state index in [2.05, 4.69) is 9.97 Å². The van der Waals surface area contributed by atoms with Gasteiger partial charge >= 0.3 is 0 Å². The van der Waals surface area contributed by atoms with E-state index in [1.807, 2.05) is 22.5 Å². The number of rotatable bonds is 3. The highest BCUT2D eigenvalue weighted by atomic mass is 16.3. The summed E-state index contributed by atoms with van der Waals surface area (Å²) in [4.78, 5) is 10.2. The largest absolute Gasteiger partial charge is 0.395 e. The van der Waals surface area contributed by atoms with E-state index in [0.29, 0.717) is 18.2 Å². The molecule has 2 aromatic rings. The van der Waals surface area contributed by atoms with Crippen molar-refractivity contribution in [3.8, 4) is 0 Å². The summed E-state index contributed by atoms with van der Waals surface area (Å²) in [5.41, 5.74) is 6.41. The summed E-state index contributed by atoms with van der Waals surface area (Å²) >= 11 is 0. The SMILES string of the molecule is CN(CCO)c1nc(N)cn2ccnc12. The van der Waals surface area contributed by atoms with Crippen molar-refractivity contribution in [2.24, 2.45) is 0 Å². The number of aliphatic hydroxyl groups excluding tert-OH is 1. The molecule has 3 N–H and O–H groups in total. The van der Waals surface area contributed by atoms with E-state index < -0.39 is 0 Å². The highest BCUT2D eigenvalue weighted by Gasteiger charge is 2.09. The fourth-order valence-electron chi connectivity index (χ4n) is 1.45. The zero-order valence-electron chi connectivity index (χ0n) is 8.46. The number of aromatic nitrogens is 3. The molecule has 0 amide bonds. The van der Waals surface area contributed by atoms with E-state index in [4.69, 9.17) is 10.8 Å². The zero-order chi connectivity index (χ0) is 10.8. The molecule has 2 rings (SSSR count). The fraction of sp³-hybridized carbons (Fsp3) is 0.333. The average molecular weight is 207 g/mol. The quantitative estimate of drug-likeness (QED) is 0.725. The van der Waals surface area contributed by atoms with Gasteiger partial charge in [-0.05, 0) is 0 Å². The van der Waals surface area contributed by atoms with Gasteiger partial charge in [0.1, 0.15) is 5.82 Å². The maximum absolute atomic E-state index is 8.86.